The van der Waals surface area contributed by atoms with Gasteiger partial charge >= 0.3 is 0 Å². The minimum Gasteiger partial charge on any atom is -0.356 e. The third-order valence-corrected chi connectivity index (χ3v) is 2.38. The Hall–Kier alpha value is -0.540. The molecule has 0 unspecified atom stereocenters. The quantitative estimate of drug-likeness (QED) is 0.721. The predicted molar refractivity (Wildman–Crippen MR) is 51.3 cm³/mol. The highest BCUT2D eigenvalue weighted by molar-refractivity contribution is 9.10. The van der Waals surface area contributed by atoms with Gasteiger partial charge in [0.1, 0.15) is 5.69 Å². The third kappa shape index (κ3) is 1.23. The van der Waals surface area contributed by atoms with Crippen molar-refractivity contribution in [2.75, 3.05) is 0 Å². The summed E-state index contributed by atoms with van der Waals surface area (Å²) in [6.45, 7) is 0. The summed E-state index contributed by atoms with van der Waals surface area (Å²) < 4.78 is 6.04. The molecule has 2 rings (SSSR count). The van der Waals surface area contributed by atoms with E-state index in [0.717, 1.165) is 21.1 Å². The fourth-order valence-corrected chi connectivity index (χ4v) is 1.61. The Bertz CT molecular complexity index is 412. The maximum absolute atomic E-state index is 5.66. The molecule has 0 amide bonds. The van der Waals surface area contributed by atoms with Crippen LogP contribution in [0.15, 0.2) is 27.2 Å². The van der Waals surface area contributed by atoms with Crippen LogP contribution in [-0.4, -0.2) is 5.16 Å². The van der Waals surface area contributed by atoms with Gasteiger partial charge in [-0.1, -0.05) is 21.1 Å². The Morgan fingerprint density at radius 2 is 2.33 bits per heavy atom. The van der Waals surface area contributed by atoms with Crippen LogP contribution in [0.1, 0.15) is 5.69 Å². The first kappa shape index (κ1) is 8.08. The van der Waals surface area contributed by atoms with Gasteiger partial charge in [0.15, 0.2) is 5.58 Å². The van der Waals surface area contributed by atoms with Gasteiger partial charge in [-0.3, -0.25) is 0 Å². The van der Waals surface area contributed by atoms with Gasteiger partial charge in [-0.05, 0) is 18.2 Å². The lowest BCUT2D eigenvalue weighted by molar-refractivity contribution is 0.449. The minimum atomic E-state index is 0.378. The first-order chi connectivity index (χ1) is 5.81. The van der Waals surface area contributed by atoms with Gasteiger partial charge in [-0.15, -0.1) is 11.6 Å². The molecule has 0 saturated carbocycles. The molecule has 0 spiro atoms. The van der Waals surface area contributed by atoms with E-state index >= 15 is 0 Å². The third-order valence-electron chi connectivity index (χ3n) is 1.63. The number of hydrogen-bond donors (Lipinski definition) is 0. The number of alkyl halides is 1. The Labute approximate surface area is 82.6 Å². The van der Waals surface area contributed by atoms with E-state index in [9.17, 15) is 0 Å². The second-order valence-electron chi connectivity index (χ2n) is 2.40. The summed E-state index contributed by atoms with van der Waals surface area (Å²) in [4.78, 5) is 0. The summed E-state index contributed by atoms with van der Waals surface area (Å²) in [5.41, 5.74) is 1.56. The molecule has 0 bridgehead atoms. The predicted octanol–water partition coefficient (Wildman–Crippen LogP) is 3.33. The molecule has 0 fully saturated rings. The first-order valence-corrected chi connectivity index (χ1v) is 4.74. The highest BCUT2D eigenvalue weighted by atomic mass is 79.9. The maximum atomic E-state index is 5.66. The normalized spacial score (nSPS) is 10.8. The summed E-state index contributed by atoms with van der Waals surface area (Å²) in [6, 6.07) is 5.72. The fraction of sp³-hybridized carbons (Fsp3) is 0.125. The van der Waals surface area contributed by atoms with Crippen molar-refractivity contribution in [3.8, 4) is 0 Å². The first-order valence-electron chi connectivity index (χ1n) is 3.41. The molecule has 0 saturated heterocycles. The van der Waals surface area contributed by atoms with E-state index in [1.165, 1.54) is 0 Å². The summed E-state index contributed by atoms with van der Waals surface area (Å²) in [5.74, 6) is 0.378. The second-order valence-corrected chi connectivity index (χ2v) is 3.59. The van der Waals surface area contributed by atoms with E-state index in [1.807, 2.05) is 18.2 Å². The summed E-state index contributed by atoms with van der Waals surface area (Å²) in [7, 11) is 0. The van der Waals surface area contributed by atoms with Crippen molar-refractivity contribution >= 4 is 38.5 Å². The van der Waals surface area contributed by atoms with E-state index in [2.05, 4.69) is 21.1 Å². The number of aromatic nitrogens is 1. The molecule has 0 N–H and O–H groups in total. The van der Waals surface area contributed by atoms with Crippen LogP contribution in [-0.2, 0) is 5.88 Å². The summed E-state index contributed by atoms with van der Waals surface area (Å²) in [6.07, 6.45) is 0. The minimum absolute atomic E-state index is 0.378. The van der Waals surface area contributed by atoms with Crippen molar-refractivity contribution in [2.45, 2.75) is 5.88 Å². The standard InChI is InChI=1S/C8H5BrClNO/c9-5-1-2-8-6(3-5)7(4-10)11-12-8/h1-3H,4H2. The van der Waals surface area contributed by atoms with Crippen molar-refractivity contribution in [1.29, 1.82) is 0 Å². The van der Waals surface area contributed by atoms with E-state index in [1.54, 1.807) is 0 Å². The summed E-state index contributed by atoms with van der Waals surface area (Å²) >= 11 is 9.03. The van der Waals surface area contributed by atoms with Gasteiger partial charge in [0.2, 0.25) is 0 Å². The van der Waals surface area contributed by atoms with Crippen LogP contribution in [0.25, 0.3) is 11.0 Å². The molecule has 1 aromatic carbocycles. The van der Waals surface area contributed by atoms with Gasteiger partial charge in [-0.2, -0.15) is 0 Å². The lowest BCUT2D eigenvalue weighted by Gasteiger charge is -1.89. The molecule has 62 valence electrons. The molecule has 0 aliphatic rings. The topological polar surface area (TPSA) is 26.0 Å². The number of fused-ring (bicyclic) bond motifs is 1. The van der Waals surface area contributed by atoms with E-state index in [0.29, 0.717) is 5.88 Å². The van der Waals surface area contributed by atoms with Crippen molar-refractivity contribution in [3.63, 3.8) is 0 Å². The Morgan fingerprint density at radius 3 is 3.08 bits per heavy atom. The Morgan fingerprint density at radius 1 is 1.50 bits per heavy atom. The van der Waals surface area contributed by atoms with Crippen LogP contribution in [0.3, 0.4) is 0 Å². The van der Waals surface area contributed by atoms with Gasteiger partial charge in [-0.25, -0.2) is 0 Å². The lowest BCUT2D eigenvalue weighted by atomic mass is 10.2. The monoisotopic (exact) mass is 245 g/mol. The number of hydrogen-bond acceptors (Lipinski definition) is 2. The molecular weight excluding hydrogens is 241 g/mol. The van der Waals surface area contributed by atoms with Crippen LogP contribution in [0.4, 0.5) is 0 Å². The Kier molecular flexibility index (Phi) is 2.07. The van der Waals surface area contributed by atoms with Crippen molar-refractivity contribution < 1.29 is 4.52 Å². The SMILES string of the molecule is ClCc1noc2ccc(Br)cc12. The van der Waals surface area contributed by atoms with Gasteiger partial charge in [0, 0.05) is 9.86 Å². The zero-order valence-electron chi connectivity index (χ0n) is 6.05. The average molecular weight is 246 g/mol. The highest BCUT2D eigenvalue weighted by Crippen LogP contribution is 2.23. The molecule has 12 heavy (non-hydrogen) atoms. The van der Waals surface area contributed by atoms with Crippen molar-refractivity contribution in [2.24, 2.45) is 0 Å². The molecule has 2 nitrogen and oxygen atoms in total. The molecule has 1 aromatic heterocycles. The van der Waals surface area contributed by atoms with Crippen LogP contribution < -0.4 is 0 Å². The van der Waals surface area contributed by atoms with Crippen LogP contribution in [0, 0.1) is 0 Å². The molecule has 0 atom stereocenters. The smallest absolute Gasteiger partial charge is 0.167 e. The van der Waals surface area contributed by atoms with Crippen molar-refractivity contribution in [3.05, 3.63) is 28.4 Å². The number of benzene rings is 1. The van der Waals surface area contributed by atoms with Crippen LogP contribution in [0.2, 0.25) is 0 Å². The maximum Gasteiger partial charge on any atom is 0.167 e. The Balaban J connectivity index is 2.75. The van der Waals surface area contributed by atoms with Crippen LogP contribution in [0.5, 0.6) is 0 Å². The highest BCUT2D eigenvalue weighted by Gasteiger charge is 2.06. The largest absolute Gasteiger partial charge is 0.356 e. The van der Waals surface area contributed by atoms with Gasteiger partial charge in [0.05, 0.1) is 5.88 Å². The molecule has 0 aliphatic heterocycles. The molecular formula is C8H5BrClNO. The zero-order chi connectivity index (χ0) is 8.55. The molecule has 2 aromatic rings. The van der Waals surface area contributed by atoms with E-state index < -0.39 is 0 Å². The molecule has 0 aliphatic carbocycles. The molecule has 4 heteroatoms. The lowest BCUT2D eigenvalue weighted by Crippen LogP contribution is -1.75. The summed E-state index contributed by atoms with van der Waals surface area (Å²) in [5, 5.41) is 4.80. The van der Waals surface area contributed by atoms with Crippen molar-refractivity contribution in [1.82, 2.24) is 5.16 Å². The molecule has 0 radical (unpaired) electrons. The van der Waals surface area contributed by atoms with Gasteiger partial charge in [0.25, 0.3) is 0 Å². The second kappa shape index (κ2) is 3.07. The van der Waals surface area contributed by atoms with E-state index in [-0.39, 0.29) is 0 Å². The van der Waals surface area contributed by atoms with Gasteiger partial charge < -0.3 is 4.52 Å². The number of nitrogens with zero attached hydrogens (tertiary/aromatic N) is 1. The van der Waals surface area contributed by atoms with E-state index in [4.69, 9.17) is 16.1 Å². The number of rotatable bonds is 1. The fourth-order valence-electron chi connectivity index (χ4n) is 1.06. The van der Waals surface area contributed by atoms with Crippen LogP contribution >= 0.6 is 27.5 Å². The number of halogens is 2. The zero-order valence-corrected chi connectivity index (χ0v) is 8.39. The average Bonchev–Trinajstić information content (AvgIpc) is 2.46. The molecule has 1 heterocycles.